The van der Waals surface area contributed by atoms with Crippen LogP contribution in [0, 0.1) is 0 Å². The van der Waals surface area contributed by atoms with E-state index in [1.807, 2.05) is 24.3 Å². The molecule has 0 atom stereocenters. The molecule has 0 radical (unpaired) electrons. The highest BCUT2D eigenvalue weighted by Crippen LogP contribution is 2.29. The van der Waals surface area contributed by atoms with Gasteiger partial charge in [0.25, 0.3) is 0 Å². The molecule has 0 spiro atoms. The van der Waals surface area contributed by atoms with Gasteiger partial charge in [0, 0.05) is 42.6 Å². The van der Waals surface area contributed by atoms with Gasteiger partial charge in [0.05, 0.1) is 0 Å². The van der Waals surface area contributed by atoms with Crippen molar-refractivity contribution in [3.8, 4) is 0 Å². The van der Waals surface area contributed by atoms with Crippen LogP contribution in [-0.4, -0.2) is 54.2 Å². The van der Waals surface area contributed by atoms with E-state index >= 15 is 0 Å². The highest BCUT2D eigenvalue weighted by Gasteiger charge is 2.18. The number of anilines is 2. The average Bonchev–Trinajstić information content (AvgIpc) is 2.84. The molecule has 1 aliphatic rings. The first-order valence-electron chi connectivity index (χ1n) is 12.9. The molecule has 34 heavy (non-hydrogen) atoms. The Morgan fingerprint density at radius 1 is 1.06 bits per heavy atom. The number of halogens is 1. The van der Waals surface area contributed by atoms with E-state index in [9.17, 15) is 0 Å². The molecule has 1 heterocycles. The van der Waals surface area contributed by atoms with Crippen LogP contribution in [0.1, 0.15) is 57.6 Å². The van der Waals surface area contributed by atoms with E-state index in [-0.39, 0.29) is 0 Å². The number of nitrogens with one attached hydrogen (secondary N) is 1. The van der Waals surface area contributed by atoms with Crippen LogP contribution < -0.4 is 10.2 Å². The van der Waals surface area contributed by atoms with Crippen LogP contribution in [-0.2, 0) is 13.0 Å². The van der Waals surface area contributed by atoms with Crippen molar-refractivity contribution in [3.05, 3.63) is 58.6 Å². The SMILES string of the molecule is CCCCN1CCCc2cc(CN(CCCN(CC)CC)C(=S)Nc3cccc(Cl)c3)ccc21. The zero-order valence-corrected chi connectivity index (χ0v) is 22.7. The number of fused-ring (bicyclic) bond motifs is 1. The normalized spacial score (nSPS) is 13.1. The summed E-state index contributed by atoms with van der Waals surface area (Å²) in [6.07, 6.45) is 5.98. The lowest BCUT2D eigenvalue weighted by atomic mass is 9.98. The van der Waals surface area contributed by atoms with E-state index in [2.05, 4.69) is 59.0 Å². The summed E-state index contributed by atoms with van der Waals surface area (Å²) in [5.74, 6) is 0. The zero-order valence-electron chi connectivity index (χ0n) is 21.2. The highest BCUT2D eigenvalue weighted by molar-refractivity contribution is 7.80. The van der Waals surface area contributed by atoms with E-state index in [4.69, 9.17) is 23.8 Å². The fourth-order valence-electron chi connectivity index (χ4n) is 4.67. The Labute approximate surface area is 217 Å². The molecule has 2 aromatic rings. The second-order valence-corrected chi connectivity index (χ2v) is 9.97. The molecule has 1 aliphatic heterocycles. The monoisotopic (exact) mass is 500 g/mol. The van der Waals surface area contributed by atoms with Gasteiger partial charge in [-0.1, -0.05) is 57.0 Å². The smallest absolute Gasteiger partial charge is 0.173 e. The van der Waals surface area contributed by atoms with Gasteiger partial charge < -0.3 is 20.0 Å². The Morgan fingerprint density at radius 2 is 1.88 bits per heavy atom. The predicted octanol–water partition coefficient (Wildman–Crippen LogP) is 6.82. The van der Waals surface area contributed by atoms with E-state index in [0.717, 1.165) is 56.5 Å². The fourth-order valence-corrected chi connectivity index (χ4v) is 5.14. The fraction of sp³-hybridized carbons (Fsp3) is 0.536. The van der Waals surface area contributed by atoms with Gasteiger partial charge in [-0.05, 0) is 92.9 Å². The number of hydrogen-bond donors (Lipinski definition) is 1. The van der Waals surface area contributed by atoms with Crippen molar-refractivity contribution in [2.24, 2.45) is 0 Å². The Bertz CT molecular complexity index is 915. The van der Waals surface area contributed by atoms with Crippen LogP contribution in [0.3, 0.4) is 0 Å². The molecule has 2 aromatic carbocycles. The molecule has 0 bridgehead atoms. The van der Waals surface area contributed by atoms with Crippen molar-refractivity contribution >= 4 is 40.3 Å². The second kappa shape index (κ2) is 13.9. The van der Waals surface area contributed by atoms with Crippen molar-refractivity contribution in [1.29, 1.82) is 0 Å². The number of hydrogen-bond acceptors (Lipinski definition) is 3. The van der Waals surface area contributed by atoms with E-state index in [1.165, 1.54) is 49.0 Å². The third kappa shape index (κ3) is 7.86. The number of rotatable bonds is 12. The van der Waals surface area contributed by atoms with E-state index < -0.39 is 0 Å². The number of benzene rings is 2. The number of nitrogens with zero attached hydrogens (tertiary/aromatic N) is 3. The quantitative estimate of drug-likeness (QED) is 0.322. The molecule has 0 fully saturated rings. The number of unbranched alkanes of at least 4 members (excludes halogenated alkanes) is 1. The molecule has 0 amide bonds. The number of aryl methyl sites for hydroxylation is 1. The molecular formula is C28H41ClN4S. The summed E-state index contributed by atoms with van der Waals surface area (Å²) in [4.78, 5) is 7.34. The van der Waals surface area contributed by atoms with E-state index in [1.54, 1.807) is 0 Å². The summed E-state index contributed by atoms with van der Waals surface area (Å²) in [5.41, 5.74) is 5.17. The van der Waals surface area contributed by atoms with Gasteiger partial charge in [0.15, 0.2) is 5.11 Å². The Kier molecular flexibility index (Phi) is 11.0. The van der Waals surface area contributed by atoms with Gasteiger partial charge in [-0.15, -0.1) is 0 Å². The second-order valence-electron chi connectivity index (χ2n) is 9.15. The molecule has 0 unspecified atom stereocenters. The van der Waals surface area contributed by atoms with Crippen LogP contribution in [0.2, 0.25) is 5.02 Å². The van der Waals surface area contributed by atoms with Gasteiger partial charge in [-0.2, -0.15) is 0 Å². The molecule has 4 nitrogen and oxygen atoms in total. The summed E-state index contributed by atoms with van der Waals surface area (Å²) in [6.45, 7) is 14.0. The molecule has 0 aliphatic carbocycles. The van der Waals surface area contributed by atoms with Crippen LogP contribution in [0.25, 0.3) is 0 Å². The Morgan fingerprint density at radius 3 is 2.62 bits per heavy atom. The van der Waals surface area contributed by atoms with Gasteiger partial charge in [0.2, 0.25) is 0 Å². The molecular weight excluding hydrogens is 460 g/mol. The Balaban J connectivity index is 1.72. The van der Waals surface area contributed by atoms with Crippen molar-refractivity contribution in [2.75, 3.05) is 49.5 Å². The third-order valence-corrected chi connectivity index (χ3v) is 7.27. The molecule has 6 heteroatoms. The Hall–Kier alpha value is -1.82. The molecule has 0 saturated heterocycles. The first-order valence-corrected chi connectivity index (χ1v) is 13.7. The maximum Gasteiger partial charge on any atom is 0.173 e. The molecule has 1 N–H and O–H groups in total. The van der Waals surface area contributed by atoms with Crippen molar-refractivity contribution in [3.63, 3.8) is 0 Å². The summed E-state index contributed by atoms with van der Waals surface area (Å²) in [7, 11) is 0. The minimum atomic E-state index is 0.711. The lowest BCUT2D eigenvalue weighted by Gasteiger charge is -2.32. The van der Waals surface area contributed by atoms with Crippen LogP contribution in [0.5, 0.6) is 0 Å². The van der Waals surface area contributed by atoms with E-state index in [0.29, 0.717) is 5.02 Å². The minimum absolute atomic E-state index is 0.711. The number of thiocarbonyl (C=S) groups is 1. The predicted molar refractivity (Wildman–Crippen MR) is 152 cm³/mol. The average molecular weight is 501 g/mol. The van der Waals surface area contributed by atoms with Crippen molar-refractivity contribution in [1.82, 2.24) is 9.80 Å². The van der Waals surface area contributed by atoms with Crippen LogP contribution >= 0.6 is 23.8 Å². The van der Waals surface area contributed by atoms with Crippen LogP contribution in [0.15, 0.2) is 42.5 Å². The highest BCUT2D eigenvalue weighted by atomic mass is 35.5. The molecule has 0 saturated carbocycles. The molecule has 0 aromatic heterocycles. The maximum absolute atomic E-state index is 6.19. The standard InChI is InChI=1S/C28H41ClN4S/c1-4-7-17-32-18-9-11-24-20-23(14-15-27(24)32)22-33(19-10-16-31(5-2)6-3)28(34)30-26-13-8-12-25(29)21-26/h8,12-15,20-21H,4-7,9-11,16-19,22H2,1-3H3,(H,30,34). The first-order chi connectivity index (χ1) is 16.5. The molecule has 186 valence electrons. The maximum atomic E-state index is 6.19. The first kappa shape index (κ1) is 26.8. The van der Waals surface area contributed by atoms with Crippen LogP contribution in [0.4, 0.5) is 11.4 Å². The topological polar surface area (TPSA) is 21.8 Å². The summed E-state index contributed by atoms with van der Waals surface area (Å²) in [6, 6.07) is 14.8. The summed E-state index contributed by atoms with van der Waals surface area (Å²) in [5, 5.41) is 4.88. The largest absolute Gasteiger partial charge is 0.371 e. The van der Waals surface area contributed by atoms with Gasteiger partial charge in [0.1, 0.15) is 0 Å². The van der Waals surface area contributed by atoms with Crippen molar-refractivity contribution < 1.29 is 0 Å². The van der Waals surface area contributed by atoms with Gasteiger partial charge in [-0.25, -0.2) is 0 Å². The van der Waals surface area contributed by atoms with Gasteiger partial charge >= 0.3 is 0 Å². The minimum Gasteiger partial charge on any atom is -0.371 e. The van der Waals surface area contributed by atoms with Crippen molar-refractivity contribution in [2.45, 2.75) is 59.4 Å². The third-order valence-electron chi connectivity index (χ3n) is 6.67. The summed E-state index contributed by atoms with van der Waals surface area (Å²) >= 11 is 12.1. The van der Waals surface area contributed by atoms with Gasteiger partial charge in [-0.3, -0.25) is 0 Å². The lowest BCUT2D eigenvalue weighted by Crippen LogP contribution is -2.37. The zero-order chi connectivity index (χ0) is 24.3. The summed E-state index contributed by atoms with van der Waals surface area (Å²) < 4.78 is 0. The molecule has 3 rings (SSSR count). The lowest BCUT2D eigenvalue weighted by molar-refractivity contribution is 0.281.